The van der Waals surface area contributed by atoms with E-state index in [1.165, 1.54) is 5.56 Å². The standard InChI is InChI=1S/C16H18O/c1-3-13(2)14-8-7-11-16(12-14)17-15-9-5-4-6-10-15/h4-13H,3H2,1-2H3. The predicted octanol–water partition coefficient (Wildman–Crippen LogP) is 4.99. The monoisotopic (exact) mass is 226 g/mol. The summed E-state index contributed by atoms with van der Waals surface area (Å²) in [4.78, 5) is 0. The van der Waals surface area contributed by atoms with E-state index in [0.29, 0.717) is 5.92 Å². The smallest absolute Gasteiger partial charge is 0.127 e. The van der Waals surface area contributed by atoms with Crippen LogP contribution in [0.15, 0.2) is 54.6 Å². The Labute approximate surface area is 103 Å². The van der Waals surface area contributed by atoms with E-state index in [0.717, 1.165) is 17.9 Å². The van der Waals surface area contributed by atoms with Crippen LogP contribution < -0.4 is 4.74 Å². The molecule has 0 heterocycles. The Hall–Kier alpha value is -1.76. The number of para-hydroxylation sites is 1. The molecule has 1 unspecified atom stereocenters. The lowest BCUT2D eigenvalue weighted by atomic mass is 9.99. The lowest BCUT2D eigenvalue weighted by Crippen LogP contribution is -1.92. The summed E-state index contributed by atoms with van der Waals surface area (Å²) < 4.78 is 5.81. The lowest BCUT2D eigenvalue weighted by Gasteiger charge is -2.11. The molecule has 0 aliphatic heterocycles. The molecule has 0 radical (unpaired) electrons. The Morgan fingerprint density at radius 1 is 0.941 bits per heavy atom. The van der Waals surface area contributed by atoms with Crippen LogP contribution in [0.4, 0.5) is 0 Å². The molecular formula is C16H18O. The predicted molar refractivity (Wildman–Crippen MR) is 71.7 cm³/mol. The summed E-state index contributed by atoms with van der Waals surface area (Å²) in [5.41, 5.74) is 1.33. The lowest BCUT2D eigenvalue weighted by molar-refractivity contribution is 0.481. The van der Waals surface area contributed by atoms with Gasteiger partial charge in [-0.1, -0.05) is 44.2 Å². The first-order valence-corrected chi connectivity index (χ1v) is 6.12. The van der Waals surface area contributed by atoms with Crippen molar-refractivity contribution in [2.75, 3.05) is 0 Å². The molecule has 2 rings (SSSR count). The number of hydrogen-bond acceptors (Lipinski definition) is 1. The van der Waals surface area contributed by atoms with Crippen LogP contribution in [0, 0.1) is 0 Å². The van der Waals surface area contributed by atoms with Crippen molar-refractivity contribution < 1.29 is 4.74 Å². The number of rotatable bonds is 4. The van der Waals surface area contributed by atoms with E-state index in [9.17, 15) is 0 Å². The largest absolute Gasteiger partial charge is 0.457 e. The van der Waals surface area contributed by atoms with E-state index in [-0.39, 0.29) is 0 Å². The fourth-order valence-electron chi connectivity index (χ4n) is 1.74. The highest BCUT2D eigenvalue weighted by atomic mass is 16.5. The second kappa shape index (κ2) is 5.53. The zero-order valence-corrected chi connectivity index (χ0v) is 10.4. The van der Waals surface area contributed by atoms with Crippen molar-refractivity contribution in [1.82, 2.24) is 0 Å². The van der Waals surface area contributed by atoms with Gasteiger partial charge >= 0.3 is 0 Å². The summed E-state index contributed by atoms with van der Waals surface area (Å²) in [6.45, 7) is 4.44. The Balaban J connectivity index is 2.17. The maximum absolute atomic E-state index is 5.81. The Morgan fingerprint density at radius 3 is 2.35 bits per heavy atom. The third kappa shape index (κ3) is 3.10. The van der Waals surface area contributed by atoms with Crippen molar-refractivity contribution in [2.24, 2.45) is 0 Å². The highest BCUT2D eigenvalue weighted by Gasteiger charge is 2.04. The van der Waals surface area contributed by atoms with Crippen molar-refractivity contribution in [1.29, 1.82) is 0 Å². The molecular weight excluding hydrogens is 208 g/mol. The third-order valence-electron chi connectivity index (χ3n) is 3.02. The SMILES string of the molecule is CCC(C)c1cccc(Oc2ccccc2)c1. The van der Waals surface area contributed by atoms with Crippen molar-refractivity contribution in [3.63, 3.8) is 0 Å². The average molecular weight is 226 g/mol. The highest BCUT2D eigenvalue weighted by molar-refractivity contribution is 5.34. The topological polar surface area (TPSA) is 9.23 Å². The van der Waals surface area contributed by atoms with Gasteiger partial charge in [0.25, 0.3) is 0 Å². The van der Waals surface area contributed by atoms with Gasteiger partial charge < -0.3 is 4.74 Å². The first-order chi connectivity index (χ1) is 8.29. The molecule has 1 heteroatoms. The number of hydrogen-bond donors (Lipinski definition) is 0. The van der Waals surface area contributed by atoms with Crippen LogP contribution in [-0.2, 0) is 0 Å². The van der Waals surface area contributed by atoms with E-state index in [2.05, 4.69) is 32.0 Å². The molecule has 2 aromatic carbocycles. The minimum atomic E-state index is 0.578. The highest BCUT2D eigenvalue weighted by Crippen LogP contribution is 2.26. The Morgan fingerprint density at radius 2 is 1.65 bits per heavy atom. The molecule has 2 aromatic rings. The van der Waals surface area contributed by atoms with E-state index in [4.69, 9.17) is 4.74 Å². The van der Waals surface area contributed by atoms with Gasteiger partial charge in [0.05, 0.1) is 0 Å². The van der Waals surface area contributed by atoms with Crippen LogP contribution in [0.3, 0.4) is 0 Å². The number of benzene rings is 2. The fraction of sp³-hybridized carbons (Fsp3) is 0.250. The molecule has 0 aromatic heterocycles. The van der Waals surface area contributed by atoms with Crippen LogP contribution in [-0.4, -0.2) is 0 Å². The maximum atomic E-state index is 5.81. The zero-order valence-electron chi connectivity index (χ0n) is 10.4. The minimum Gasteiger partial charge on any atom is -0.457 e. The van der Waals surface area contributed by atoms with Gasteiger partial charge in [-0.15, -0.1) is 0 Å². The van der Waals surface area contributed by atoms with Crippen molar-refractivity contribution in [3.05, 3.63) is 60.2 Å². The molecule has 0 aliphatic carbocycles. The van der Waals surface area contributed by atoms with Gasteiger partial charge in [-0.2, -0.15) is 0 Å². The van der Waals surface area contributed by atoms with E-state index < -0.39 is 0 Å². The van der Waals surface area contributed by atoms with Gasteiger partial charge in [0, 0.05) is 0 Å². The average Bonchev–Trinajstić information content (AvgIpc) is 2.39. The van der Waals surface area contributed by atoms with Crippen LogP contribution in [0.5, 0.6) is 11.5 Å². The minimum absolute atomic E-state index is 0.578. The van der Waals surface area contributed by atoms with Crippen LogP contribution >= 0.6 is 0 Å². The summed E-state index contributed by atoms with van der Waals surface area (Å²) in [5, 5.41) is 0. The normalized spacial score (nSPS) is 12.1. The van der Waals surface area contributed by atoms with Gasteiger partial charge in [0.1, 0.15) is 11.5 Å². The van der Waals surface area contributed by atoms with Crippen LogP contribution in [0.2, 0.25) is 0 Å². The summed E-state index contributed by atoms with van der Waals surface area (Å²) >= 11 is 0. The summed E-state index contributed by atoms with van der Waals surface area (Å²) in [6, 6.07) is 18.2. The molecule has 0 aliphatic rings. The summed E-state index contributed by atoms with van der Waals surface area (Å²) in [7, 11) is 0. The second-order valence-corrected chi connectivity index (χ2v) is 4.30. The molecule has 0 saturated heterocycles. The van der Waals surface area contributed by atoms with Gasteiger partial charge in [0.15, 0.2) is 0 Å². The van der Waals surface area contributed by atoms with Crippen molar-refractivity contribution >= 4 is 0 Å². The molecule has 0 saturated carbocycles. The molecule has 0 fully saturated rings. The van der Waals surface area contributed by atoms with Crippen LogP contribution in [0.1, 0.15) is 31.7 Å². The van der Waals surface area contributed by atoms with Gasteiger partial charge in [-0.3, -0.25) is 0 Å². The summed E-state index contributed by atoms with van der Waals surface area (Å²) in [5.74, 6) is 2.37. The zero-order chi connectivity index (χ0) is 12.1. The molecule has 0 N–H and O–H groups in total. The number of ether oxygens (including phenoxy) is 1. The fourth-order valence-corrected chi connectivity index (χ4v) is 1.74. The first kappa shape index (κ1) is 11.7. The molecule has 17 heavy (non-hydrogen) atoms. The first-order valence-electron chi connectivity index (χ1n) is 6.12. The molecule has 0 spiro atoms. The van der Waals surface area contributed by atoms with Crippen molar-refractivity contribution in [2.45, 2.75) is 26.2 Å². The van der Waals surface area contributed by atoms with E-state index in [1.807, 2.05) is 36.4 Å². The second-order valence-electron chi connectivity index (χ2n) is 4.30. The molecule has 1 nitrogen and oxygen atoms in total. The van der Waals surface area contributed by atoms with Gasteiger partial charge in [-0.05, 0) is 42.2 Å². The quantitative estimate of drug-likeness (QED) is 0.713. The molecule has 0 bridgehead atoms. The van der Waals surface area contributed by atoms with Crippen molar-refractivity contribution in [3.8, 4) is 11.5 Å². The van der Waals surface area contributed by atoms with Gasteiger partial charge in [-0.25, -0.2) is 0 Å². The van der Waals surface area contributed by atoms with Gasteiger partial charge in [0.2, 0.25) is 0 Å². The van der Waals surface area contributed by atoms with E-state index in [1.54, 1.807) is 0 Å². The van der Waals surface area contributed by atoms with E-state index >= 15 is 0 Å². The third-order valence-corrected chi connectivity index (χ3v) is 3.02. The Kier molecular flexibility index (Phi) is 3.81. The Bertz CT molecular complexity index is 462. The maximum Gasteiger partial charge on any atom is 0.127 e. The van der Waals surface area contributed by atoms with Crippen LogP contribution in [0.25, 0.3) is 0 Å². The summed E-state index contributed by atoms with van der Waals surface area (Å²) in [6.07, 6.45) is 1.15. The molecule has 1 atom stereocenters. The molecule has 0 amide bonds. The molecule has 88 valence electrons.